The van der Waals surface area contributed by atoms with E-state index in [9.17, 15) is 4.79 Å². The summed E-state index contributed by atoms with van der Waals surface area (Å²) < 4.78 is 0. The number of thiazole rings is 1. The maximum absolute atomic E-state index is 10.9. The van der Waals surface area contributed by atoms with Gasteiger partial charge in [0.15, 0.2) is 0 Å². The molecule has 0 atom stereocenters. The molecule has 0 aliphatic carbocycles. The van der Waals surface area contributed by atoms with Crippen molar-refractivity contribution in [2.24, 2.45) is 0 Å². The fourth-order valence-corrected chi connectivity index (χ4v) is 2.01. The molecule has 4 heteroatoms. The van der Waals surface area contributed by atoms with Gasteiger partial charge in [-0.2, -0.15) is 0 Å². The molecule has 0 amide bonds. The van der Waals surface area contributed by atoms with Gasteiger partial charge < -0.3 is 0 Å². The highest BCUT2D eigenvalue weighted by molar-refractivity contribution is 7.09. The summed E-state index contributed by atoms with van der Waals surface area (Å²) >= 11 is 1.65. The van der Waals surface area contributed by atoms with Gasteiger partial charge in [0.25, 0.3) is 0 Å². The second-order valence-corrected chi connectivity index (χ2v) is 3.90. The van der Waals surface area contributed by atoms with Crippen LogP contribution in [0.5, 0.6) is 0 Å². The molecule has 1 aromatic heterocycles. The molecule has 0 spiro atoms. The van der Waals surface area contributed by atoms with Crippen molar-refractivity contribution in [1.82, 2.24) is 9.88 Å². The van der Waals surface area contributed by atoms with E-state index in [1.54, 1.807) is 17.5 Å². The van der Waals surface area contributed by atoms with Crippen LogP contribution >= 0.6 is 11.3 Å². The van der Waals surface area contributed by atoms with Gasteiger partial charge in [-0.05, 0) is 0 Å². The Hall–Kier alpha value is -0.740. The molecular formula is C8H10N2OS. The Kier molecular flexibility index (Phi) is 2.19. The van der Waals surface area contributed by atoms with Gasteiger partial charge in [-0.15, -0.1) is 11.3 Å². The first-order valence-electron chi connectivity index (χ1n) is 3.97. The van der Waals surface area contributed by atoms with Gasteiger partial charge in [-0.25, -0.2) is 4.98 Å². The minimum absolute atomic E-state index is 0.353. The van der Waals surface area contributed by atoms with Crippen LogP contribution in [0.1, 0.15) is 11.4 Å². The Bertz CT molecular complexity index is 271. The first-order chi connectivity index (χ1) is 5.84. The van der Waals surface area contributed by atoms with E-state index < -0.39 is 0 Å². The third kappa shape index (κ3) is 1.70. The van der Waals surface area contributed by atoms with Gasteiger partial charge in [0.05, 0.1) is 13.1 Å². The van der Waals surface area contributed by atoms with Crippen molar-refractivity contribution in [1.29, 1.82) is 0 Å². The van der Waals surface area contributed by atoms with E-state index in [2.05, 4.69) is 9.88 Å². The zero-order valence-corrected chi connectivity index (χ0v) is 7.51. The molecule has 0 radical (unpaired) electrons. The lowest BCUT2D eigenvalue weighted by atomic mass is 10.4. The summed E-state index contributed by atoms with van der Waals surface area (Å²) in [4.78, 5) is 17.2. The molecule has 0 unspecified atom stereocenters. The highest BCUT2D eigenvalue weighted by Crippen LogP contribution is 2.11. The Balaban J connectivity index is 1.92. The molecule has 12 heavy (non-hydrogen) atoms. The van der Waals surface area contributed by atoms with Gasteiger partial charge in [-0.1, -0.05) is 0 Å². The standard InChI is InChI=1S/C8H10N2OS/c11-7-1-3-10(5-7)6-8-9-2-4-12-8/h2,4H,1,3,5-6H2. The average molecular weight is 182 g/mol. The summed E-state index contributed by atoms with van der Waals surface area (Å²) in [6, 6.07) is 0. The third-order valence-corrected chi connectivity index (χ3v) is 2.71. The van der Waals surface area contributed by atoms with E-state index >= 15 is 0 Å². The molecule has 1 saturated heterocycles. The van der Waals surface area contributed by atoms with Crippen LogP contribution in [-0.4, -0.2) is 28.8 Å². The van der Waals surface area contributed by atoms with E-state index in [0.29, 0.717) is 18.7 Å². The number of hydrogen-bond acceptors (Lipinski definition) is 4. The number of hydrogen-bond donors (Lipinski definition) is 0. The lowest BCUT2D eigenvalue weighted by molar-refractivity contribution is -0.116. The van der Waals surface area contributed by atoms with Crippen LogP contribution in [0.2, 0.25) is 0 Å². The maximum Gasteiger partial charge on any atom is 0.148 e. The number of carbonyl (C=O) groups excluding carboxylic acids is 1. The Morgan fingerprint density at radius 1 is 1.67 bits per heavy atom. The van der Waals surface area contributed by atoms with Crippen molar-refractivity contribution >= 4 is 17.1 Å². The van der Waals surface area contributed by atoms with Crippen molar-refractivity contribution in [2.45, 2.75) is 13.0 Å². The quantitative estimate of drug-likeness (QED) is 0.682. The number of rotatable bonds is 2. The van der Waals surface area contributed by atoms with Gasteiger partial charge in [0.1, 0.15) is 10.8 Å². The smallest absolute Gasteiger partial charge is 0.148 e. The van der Waals surface area contributed by atoms with Crippen molar-refractivity contribution in [2.75, 3.05) is 13.1 Å². The van der Waals surface area contributed by atoms with Crippen molar-refractivity contribution in [3.05, 3.63) is 16.6 Å². The summed E-state index contributed by atoms with van der Waals surface area (Å²) in [6.45, 7) is 2.35. The lowest BCUT2D eigenvalue weighted by Gasteiger charge is -2.10. The van der Waals surface area contributed by atoms with Gasteiger partial charge in [0.2, 0.25) is 0 Å². The van der Waals surface area contributed by atoms with Crippen molar-refractivity contribution in [3.8, 4) is 0 Å². The van der Waals surface area contributed by atoms with E-state index in [4.69, 9.17) is 0 Å². The number of nitrogens with zero attached hydrogens (tertiary/aromatic N) is 2. The van der Waals surface area contributed by atoms with Crippen LogP contribution < -0.4 is 0 Å². The summed E-state index contributed by atoms with van der Waals surface area (Å²) in [5.74, 6) is 0.353. The number of likely N-dealkylation sites (tertiary alicyclic amines) is 1. The minimum Gasteiger partial charge on any atom is -0.298 e. The molecule has 0 N–H and O–H groups in total. The minimum atomic E-state index is 0.353. The highest BCUT2D eigenvalue weighted by Gasteiger charge is 2.19. The second-order valence-electron chi connectivity index (χ2n) is 2.93. The summed E-state index contributed by atoms with van der Waals surface area (Å²) in [5, 5.41) is 3.07. The third-order valence-electron chi connectivity index (χ3n) is 1.95. The predicted molar refractivity (Wildman–Crippen MR) is 47.0 cm³/mol. The Morgan fingerprint density at radius 3 is 3.17 bits per heavy atom. The normalized spacial score (nSPS) is 18.8. The first kappa shape index (κ1) is 7.89. The number of ketones is 1. The van der Waals surface area contributed by atoms with Crippen LogP contribution in [0, 0.1) is 0 Å². The molecule has 1 fully saturated rings. The van der Waals surface area contributed by atoms with E-state index in [-0.39, 0.29) is 0 Å². The summed E-state index contributed by atoms with van der Waals surface area (Å²) in [6.07, 6.45) is 2.52. The SMILES string of the molecule is O=C1CCN(Cc2nccs2)C1. The van der Waals surface area contributed by atoms with Gasteiger partial charge >= 0.3 is 0 Å². The largest absolute Gasteiger partial charge is 0.298 e. The van der Waals surface area contributed by atoms with E-state index in [0.717, 1.165) is 18.1 Å². The number of Topliss-reactive ketones (excluding diaryl/α,β-unsaturated/α-hetero) is 1. The molecule has 3 nitrogen and oxygen atoms in total. The fourth-order valence-electron chi connectivity index (χ4n) is 1.35. The molecular weight excluding hydrogens is 172 g/mol. The van der Waals surface area contributed by atoms with Gasteiger partial charge in [0, 0.05) is 24.5 Å². The topological polar surface area (TPSA) is 33.2 Å². The molecule has 2 heterocycles. The van der Waals surface area contributed by atoms with Crippen LogP contribution in [0.4, 0.5) is 0 Å². The fraction of sp³-hybridized carbons (Fsp3) is 0.500. The van der Waals surface area contributed by atoms with Crippen molar-refractivity contribution < 1.29 is 4.79 Å². The van der Waals surface area contributed by atoms with E-state index in [1.165, 1.54) is 0 Å². The molecule has 2 rings (SSSR count). The molecule has 0 aromatic carbocycles. The van der Waals surface area contributed by atoms with E-state index in [1.807, 2.05) is 5.38 Å². The molecule has 1 aliphatic heterocycles. The van der Waals surface area contributed by atoms with Crippen LogP contribution in [-0.2, 0) is 11.3 Å². The Morgan fingerprint density at radius 2 is 2.58 bits per heavy atom. The molecule has 0 bridgehead atoms. The van der Waals surface area contributed by atoms with Crippen LogP contribution in [0.25, 0.3) is 0 Å². The van der Waals surface area contributed by atoms with Crippen LogP contribution in [0.3, 0.4) is 0 Å². The maximum atomic E-state index is 10.9. The molecule has 0 saturated carbocycles. The summed E-state index contributed by atoms with van der Waals surface area (Å²) in [7, 11) is 0. The molecule has 1 aromatic rings. The molecule has 64 valence electrons. The molecule has 1 aliphatic rings. The number of aromatic nitrogens is 1. The number of carbonyl (C=O) groups is 1. The van der Waals surface area contributed by atoms with Gasteiger partial charge in [-0.3, -0.25) is 9.69 Å². The monoisotopic (exact) mass is 182 g/mol. The zero-order chi connectivity index (χ0) is 8.39. The van der Waals surface area contributed by atoms with Crippen LogP contribution in [0.15, 0.2) is 11.6 Å². The summed E-state index contributed by atoms with van der Waals surface area (Å²) in [5.41, 5.74) is 0. The average Bonchev–Trinajstić information content (AvgIpc) is 2.63. The zero-order valence-electron chi connectivity index (χ0n) is 6.69. The van der Waals surface area contributed by atoms with Crippen molar-refractivity contribution in [3.63, 3.8) is 0 Å². The first-order valence-corrected chi connectivity index (χ1v) is 4.85. The Labute approximate surface area is 75.0 Å². The predicted octanol–water partition coefficient (Wildman–Crippen LogP) is 0.918. The highest BCUT2D eigenvalue weighted by atomic mass is 32.1. The second kappa shape index (κ2) is 3.33. The lowest BCUT2D eigenvalue weighted by Crippen LogP contribution is -2.19.